The molecule has 3 nitrogen and oxygen atoms in total. The molecule has 0 aromatic rings. The molecular formula is C21H43NO2. The molecular weight excluding hydrogens is 298 g/mol. The van der Waals surface area contributed by atoms with Gasteiger partial charge in [0.1, 0.15) is 0 Å². The molecule has 24 heavy (non-hydrogen) atoms. The molecule has 1 rings (SSSR count). The Hall–Kier alpha value is -0.570. The molecule has 144 valence electrons. The normalized spacial score (nSPS) is 20.3. The molecule has 2 atom stereocenters. The van der Waals surface area contributed by atoms with Gasteiger partial charge in [0.25, 0.3) is 0 Å². The highest BCUT2D eigenvalue weighted by Gasteiger charge is 2.23. The molecule has 2 unspecified atom stereocenters. The average Bonchev–Trinajstić information content (AvgIpc) is 2.56. The lowest BCUT2D eigenvalue weighted by Gasteiger charge is -2.32. The largest absolute Gasteiger partial charge is 0.550 e. The molecule has 1 saturated heterocycles. The van der Waals surface area contributed by atoms with E-state index in [1.54, 1.807) is 0 Å². The van der Waals surface area contributed by atoms with Crippen LogP contribution in [0.4, 0.5) is 0 Å². The number of unbranched alkanes of at least 4 members (excludes halogenated alkanes) is 9. The predicted molar refractivity (Wildman–Crippen MR) is 101 cm³/mol. The standard InChI is InChI=1S/C19H39N.C2H4O2/c1-3-5-6-7-8-9-10-11-12-14-17-20-18-15-13-16-19(20)4-2;1-2(3)4/h19H,3-18H2,1-2H3;1H3,(H,3,4). The highest BCUT2D eigenvalue weighted by molar-refractivity contribution is 5.60. The number of aliphatic carboxylic acids is 1. The van der Waals surface area contributed by atoms with Gasteiger partial charge in [-0.1, -0.05) is 65.2 Å². The lowest BCUT2D eigenvalue weighted by atomic mass is 9.99. The predicted octanol–water partition coefficient (Wildman–Crippen LogP) is 3.51. The molecule has 1 heterocycles. The maximum atomic E-state index is 8.89. The SMILES string of the molecule is CC(=O)[O-].CCCCCCCCCCCC[NH+]1CCCCC1CC. The van der Waals surface area contributed by atoms with Gasteiger partial charge < -0.3 is 14.8 Å². The first-order valence-corrected chi connectivity index (χ1v) is 10.6. The van der Waals surface area contributed by atoms with Crippen LogP contribution in [0.15, 0.2) is 0 Å². The van der Waals surface area contributed by atoms with Crippen molar-refractivity contribution in [2.45, 2.75) is 117 Å². The van der Waals surface area contributed by atoms with Crippen molar-refractivity contribution < 1.29 is 14.8 Å². The van der Waals surface area contributed by atoms with Crippen molar-refractivity contribution in [2.24, 2.45) is 0 Å². The van der Waals surface area contributed by atoms with Crippen molar-refractivity contribution in [2.75, 3.05) is 13.1 Å². The summed E-state index contributed by atoms with van der Waals surface area (Å²) >= 11 is 0. The summed E-state index contributed by atoms with van der Waals surface area (Å²) < 4.78 is 0. The zero-order chi connectivity index (χ0) is 18.0. The van der Waals surface area contributed by atoms with Crippen LogP contribution in [0.2, 0.25) is 0 Å². The molecule has 0 saturated carbocycles. The highest BCUT2D eigenvalue weighted by Crippen LogP contribution is 2.10. The molecule has 1 N–H and O–H groups in total. The first-order chi connectivity index (χ1) is 11.6. The number of carbonyl (C=O) groups excluding carboxylic acids is 1. The Kier molecular flexibility index (Phi) is 16.8. The van der Waals surface area contributed by atoms with E-state index in [0.717, 1.165) is 13.0 Å². The van der Waals surface area contributed by atoms with E-state index in [0.29, 0.717) is 0 Å². The fourth-order valence-corrected chi connectivity index (χ4v) is 3.81. The third-order valence-electron chi connectivity index (χ3n) is 5.22. The Morgan fingerprint density at radius 2 is 1.42 bits per heavy atom. The van der Waals surface area contributed by atoms with Crippen LogP contribution < -0.4 is 10.0 Å². The molecule has 0 radical (unpaired) electrons. The summed E-state index contributed by atoms with van der Waals surface area (Å²) in [7, 11) is 0. The van der Waals surface area contributed by atoms with Crippen LogP contribution in [0.1, 0.15) is 111 Å². The van der Waals surface area contributed by atoms with Crippen LogP contribution in [-0.2, 0) is 4.79 Å². The molecule has 0 aromatic heterocycles. The van der Waals surface area contributed by atoms with Gasteiger partial charge in [-0.25, -0.2) is 0 Å². The van der Waals surface area contributed by atoms with E-state index in [4.69, 9.17) is 9.90 Å². The molecule has 0 amide bonds. The van der Waals surface area contributed by atoms with E-state index in [9.17, 15) is 0 Å². The van der Waals surface area contributed by atoms with Crippen LogP contribution in [0.25, 0.3) is 0 Å². The molecule has 0 bridgehead atoms. The average molecular weight is 342 g/mol. The lowest BCUT2D eigenvalue weighted by molar-refractivity contribution is -0.931. The first kappa shape index (κ1) is 23.4. The monoisotopic (exact) mass is 341 g/mol. The third kappa shape index (κ3) is 15.0. The van der Waals surface area contributed by atoms with Crippen molar-refractivity contribution in [3.63, 3.8) is 0 Å². The highest BCUT2D eigenvalue weighted by atomic mass is 16.4. The number of quaternary nitrogens is 1. The number of carboxylic acids is 1. The Balaban J connectivity index is 0.00000118. The Morgan fingerprint density at radius 1 is 0.917 bits per heavy atom. The van der Waals surface area contributed by atoms with Gasteiger partial charge in [0.05, 0.1) is 19.1 Å². The minimum Gasteiger partial charge on any atom is -0.550 e. The van der Waals surface area contributed by atoms with Gasteiger partial charge in [0, 0.05) is 5.97 Å². The van der Waals surface area contributed by atoms with Gasteiger partial charge in [0.2, 0.25) is 0 Å². The van der Waals surface area contributed by atoms with E-state index in [1.807, 2.05) is 4.90 Å². The summed E-state index contributed by atoms with van der Waals surface area (Å²) in [5.74, 6) is -1.08. The second kappa shape index (κ2) is 17.3. The Morgan fingerprint density at radius 3 is 1.92 bits per heavy atom. The Bertz CT molecular complexity index is 277. The molecule has 3 heteroatoms. The lowest BCUT2D eigenvalue weighted by Crippen LogP contribution is -3.16. The van der Waals surface area contributed by atoms with Crippen LogP contribution in [0.5, 0.6) is 0 Å². The third-order valence-corrected chi connectivity index (χ3v) is 5.22. The van der Waals surface area contributed by atoms with Crippen molar-refractivity contribution >= 4 is 5.97 Å². The molecule has 0 aromatic carbocycles. The van der Waals surface area contributed by atoms with Crippen LogP contribution in [-0.4, -0.2) is 25.1 Å². The molecule has 1 aliphatic heterocycles. The van der Waals surface area contributed by atoms with Gasteiger partial charge in [-0.3, -0.25) is 0 Å². The van der Waals surface area contributed by atoms with Crippen molar-refractivity contribution in [3.8, 4) is 0 Å². The Labute approximate surface area is 151 Å². The molecule has 1 aliphatic rings. The summed E-state index contributed by atoms with van der Waals surface area (Å²) in [6.07, 6.45) is 20.5. The van der Waals surface area contributed by atoms with Gasteiger partial charge in [-0.05, 0) is 45.4 Å². The zero-order valence-corrected chi connectivity index (χ0v) is 16.7. The number of likely N-dealkylation sites (tertiary alicyclic amines) is 1. The summed E-state index contributed by atoms with van der Waals surface area (Å²) in [4.78, 5) is 10.8. The van der Waals surface area contributed by atoms with E-state index in [2.05, 4.69) is 13.8 Å². The van der Waals surface area contributed by atoms with Crippen molar-refractivity contribution in [1.29, 1.82) is 0 Å². The van der Waals surface area contributed by atoms with Crippen LogP contribution in [0.3, 0.4) is 0 Å². The molecule has 1 fully saturated rings. The number of piperidine rings is 1. The second-order valence-electron chi connectivity index (χ2n) is 7.43. The van der Waals surface area contributed by atoms with Gasteiger partial charge in [-0.15, -0.1) is 0 Å². The number of rotatable bonds is 12. The van der Waals surface area contributed by atoms with Crippen molar-refractivity contribution in [1.82, 2.24) is 0 Å². The maximum absolute atomic E-state index is 8.89. The molecule has 0 spiro atoms. The van der Waals surface area contributed by atoms with E-state index < -0.39 is 5.97 Å². The maximum Gasteiger partial charge on any atom is 0.0872 e. The quantitative estimate of drug-likeness (QED) is 0.552. The number of hydrogen-bond donors (Lipinski definition) is 1. The van der Waals surface area contributed by atoms with Gasteiger partial charge in [0.15, 0.2) is 0 Å². The smallest absolute Gasteiger partial charge is 0.0872 e. The van der Waals surface area contributed by atoms with E-state index >= 15 is 0 Å². The number of hydrogen-bond acceptors (Lipinski definition) is 2. The van der Waals surface area contributed by atoms with Crippen molar-refractivity contribution in [3.05, 3.63) is 0 Å². The zero-order valence-electron chi connectivity index (χ0n) is 16.7. The first-order valence-electron chi connectivity index (χ1n) is 10.6. The number of nitrogens with one attached hydrogen (secondary N) is 1. The van der Waals surface area contributed by atoms with E-state index in [-0.39, 0.29) is 0 Å². The summed E-state index contributed by atoms with van der Waals surface area (Å²) in [6, 6.07) is 0.988. The fraction of sp³-hybridized carbons (Fsp3) is 0.952. The summed E-state index contributed by atoms with van der Waals surface area (Å²) in [6.45, 7) is 8.56. The van der Waals surface area contributed by atoms with Crippen LogP contribution in [0, 0.1) is 0 Å². The summed E-state index contributed by atoms with van der Waals surface area (Å²) in [5.41, 5.74) is 0. The minimum atomic E-state index is -1.08. The van der Waals surface area contributed by atoms with E-state index in [1.165, 1.54) is 103 Å². The summed E-state index contributed by atoms with van der Waals surface area (Å²) in [5, 5.41) is 8.89. The number of carbonyl (C=O) groups is 1. The molecule has 0 aliphatic carbocycles. The fourth-order valence-electron chi connectivity index (χ4n) is 3.81. The van der Waals surface area contributed by atoms with Crippen LogP contribution >= 0.6 is 0 Å². The minimum absolute atomic E-state index is 0.972. The second-order valence-corrected chi connectivity index (χ2v) is 7.43. The van der Waals surface area contributed by atoms with Gasteiger partial charge in [-0.2, -0.15) is 0 Å². The number of carboxylic acid groups (broad SMARTS) is 1. The van der Waals surface area contributed by atoms with Gasteiger partial charge >= 0.3 is 0 Å². The topological polar surface area (TPSA) is 44.6 Å².